The minimum absolute atomic E-state index is 1.05. The Labute approximate surface area is 82.4 Å². The monoisotopic (exact) mass is 217 g/mol. The summed E-state index contributed by atoms with van der Waals surface area (Å²) in [4.78, 5) is 6.03. The lowest BCUT2D eigenvalue weighted by Gasteiger charge is -2.01. The highest BCUT2D eigenvalue weighted by atomic mass is 19.4. The fraction of sp³-hybridized carbons (Fsp3) is 0.143. The number of hydrogen-bond acceptors (Lipinski definition) is 4. The SMILES string of the molecule is FC(F)(F)c1ncccn1.c1c[nH]nn1. The van der Waals surface area contributed by atoms with E-state index in [1.165, 1.54) is 6.07 Å². The predicted octanol–water partition coefficient (Wildman–Crippen LogP) is 1.30. The van der Waals surface area contributed by atoms with Crippen LogP contribution in [0, 0.1) is 0 Å². The number of H-pyrrole nitrogens is 1. The van der Waals surface area contributed by atoms with Gasteiger partial charge in [-0.1, -0.05) is 5.21 Å². The fourth-order valence-electron chi connectivity index (χ4n) is 0.612. The highest BCUT2D eigenvalue weighted by molar-refractivity contribution is 4.92. The van der Waals surface area contributed by atoms with Crippen molar-refractivity contribution in [2.75, 3.05) is 0 Å². The number of hydrogen-bond donors (Lipinski definition) is 1. The first-order valence-corrected chi connectivity index (χ1v) is 3.75. The van der Waals surface area contributed by atoms with Gasteiger partial charge in [-0.3, -0.25) is 5.10 Å². The maximum absolute atomic E-state index is 11.7. The van der Waals surface area contributed by atoms with E-state index in [0.717, 1.165) is 12.4 Å². The van der Waals surface area contributed by atoms with Crippen LogP contribution in [0.3, 0.4) is 0 Å². The fourth-order valence-corrected chi connectivity index (χ4v) is 0.612. The summed E-state index contributed by atoms with van der Waals surface area (Å²) in [6.07, 6.45) is 0.910. The topological polar surface area (TPSA) is 67.3 Å². The molecule has 80 valence electrons. The average Bonchev–Trinajstić information content (AvgIpc) is 2.76. The number of halogens is 3. The standard InChI is InChI=1S/C5H3F3N2.C2H3N3/c6-5(7,8)4-9-2-1-3-10-4;1-2-4-5-3-1/h1-3H;1-2H,(H,3,4,5). The molecule has 8 heteroatoms. The molecule has 1 N–H and O–H groups in total. The maximum Gasteiger partial charge on any atom is 0.451 e. The number of nitrogens with zero attached hydrogens (tertiary/aromatic N) is 4. The predicted molar refractivity (Wildman–Crippen MR) is 43.4 cm³/mol. The molecule has 0 fully saturated rings. The molecule has 0 saturated heterocycles. The Balaban J connectivity index is 0.000000187. The highest BCUT2D eigenvalue weighted by Gasteiger charge is 2.33. The first-order chi connectivity index (χ1) is 7.11. The molecular formula is C7H6F3N5. The van der Waals surface area contributed by atoms with Crippen LogP contribution in [0.4, 0.5) is 13.2 Å². The second kappa shape index (κ2) is 5.03. The van der Waals surface area contributed by atoms with Crippen LogP contribution in [0.2, 0.25) is 0 Å². The van der Waals surface area contributed by atoms with Crippen LogP contribution in [0.15, 0.2) is 30.9 Å². The van der Waals surface area contributed by atoms with Crippen molar-refractivity contribution in [1.82, 2.24) is 25.4 Å². The minimum atomic E-state index is -4.43. The zero-order valence-electron chi connectivity index (χ0n) is 7.31. The lowest BCUT2D eigenvalue weighted by Crippen LogP contribution is -2.09. The molecule has 0 radical (unpaired) electrons. The Hall–Kier alpha value is -1.99. The van der Waals surface area contributed by atoms with Crippen LogP contribution in [-0.4, -0.2) is 25.4 Å². The van der Waals surface area contributed by atoms with Crippen molar-refractivity contribution in [1.29, 1.82) is 0 Å². The van der Waals surface area contributed by atoms with Gasteiger partial charge in [0.1, 0.15) is 0 Å². The summed E-state index contributed by atoms with van der Waals surface area (Å²) in [5.41, 5.74) is 0. The quantitative estimate of drug-likeness (QED) is 0.722. The molecule has 2 aromatic heterocycles. The Morgan fingerprint density at radius 1 is 1.07 bits per heavy atom. The van der Waals surface area contributed by atoms with Crippen molar-refractivity contribution >= 4 is 0 Å². The van der Waals surface area contributed by atoms with Crippen molar-refractivity contribution in [2.45, 2.75) is 6.18 Å². The zero-order chi connectivity index (χ0) is 11.1. The van der Waals surface area contributed by atoms with Crippen molar-refractivity contribution in [2.24, 2.45) is 0 Å². The molecule has 2 heterocycles. The van der Waals surface area contributed by atoms with Gasteiger partial charge in [-0.15, -0.1) is 5.10 Å². The first kappa shape index (κ1) is 11.1. The van der Waals surface area contributed by atoms with Gasteiger partial charge in [0.2, 0.25) is 5.82 Å². The van der Waals surface area contributed by atoms with Crippen LogP contribution >= 0.6 is 0 Å². The van der Waals surface area contributed by atoms with Gasteiger partial charge >= 0.3 is 6.18 Å². The molecule has 0 aliphatic carbocycles. The van der Waals surface area contributed by atoms with E-state index < -0.39 is 12.0 Å². The Kier molecular flexibility index (Phi) is 3.72. The first-order valence-electron chi connectivity index (χ1n) is 3.75. The van der Waals surface area contributed by atoms with E-state index in [4.69, 9.17) is 0 Å². The van der Waals surface area contributed by atoms with Gasteiger partial charge in [-0.05, 0) is 6.07 Å². The van der Waals surface area contributed by atoms with Crippen LogP contribution in [-0.2, 0) is 6.18 Å². The molecule has 5 nitrogen and oxygen atoms in total. The van der Waals surface area contributed by atoms with E-state index in [1.54, 1.807) is 12.4 Å². The van der Waals surface area contributed by atoms with Gasteiger partial charge in [0.05, 0.1) is 6.20 Å². The second-order valence-electron chi connectivity index (χ2n) is 2.23. The van der Waals surface area contributed by atoms with Crippen molar-refractivity contribution in [3.63, 3.8) is 0 Å². The number of aromatic amines is 1. The van der Waals surface area contributed by atoms with Gasteiger partial charge < -0.3 is 0 Å². The van der Waals surface area contributed by atoms with Crippen molar-refractivity contribution in [3.05, 3.63) is 36.7 Å². The van der Waals surface area contributed by atoms with Gasteiger partial charge in [0.25, 0.3) is 0 Å². The molecule has 2 rings (SSSR count). The molecule has 0 amide bonds. The van der Waals surface area contributed by atoms with E-state index in [0.29, 0.717) is 0 Å². The summed E-state index contributed by atoms with van der Waals surface area (Å²) in [7, 11) is 0. The van der Waals surface area contributed by atoms with Gasteiger partial charge in [0.15, 0.2) is 0 Å². The van der Waals surface area contributed by atoms with Crippen molar-refractivity contribution in [3.8, 4) is 0 Å². The normalized spacial score (nSPS) is 10.3. The van der Waals surface area contributed by atoms with E-state index >= 15 is 0 Å². The summed E-state index contributed by atoms with van der Waals surface area (Å²) in [5.74, 6) is -1.10. The van der Waals surface area contributed by atoms with Crippen LogP contribution in [0.5, 0.6) is 0 Å². The Bertz CT molecular complexity index is 341. The molecule has 0 aliphatic heterocycles. The third-order valence-corrected chi connectivity index (χ3v) is 1.15. The summed E-state index contributed by atoms with van der Waals surface area (Å²) in [6, 6.07) is 1.33. The van der Waals surface area contributed by atoms with Crippen LogP contribution < -0.4 is 0 Å². The Morgan fingerprint density at radius 3 is 2.00 bits per heavy atom. The summed E-state index contributed by atoms with van der Waals surface area (Å²) in [6.45, 7) is 0. The maximum atomic E-state index is 11.7. The molecule has 0 bridgehead atoms. The van der Waals surface area contributed by atoms with E-state index in [2.05, 4.69) is 25.4 Å². The van der Waals surface area contributed by atoms with Gasteiger partial charge in [-0.25, -0.2) is 9.97 Å². The number of nitrogens with one attached hydrogen (secondary N) is 1. The smallest absolute Gasteiger partial charge is 0.266 e. The number of alkyl halides is 3. The second-order valence-corrected chi connectivity index (χ2v) is 2.23. The van der Waals surface area contributed by atoms with E-state index in [-0.39, 0.29) is 0 Å². The molecule has 15 heavy (non-hydrogen) atoms. The molecular weight excluding hydrogens is 211 g/mol. The summed E-state index contributed by atoms with van der Waals surface area (Å²) >= 11 is 0. The third-order valence-electron chi connectivity index (χ3n) is 1.15. The largest absolute Gasteiger partial charge is 0.451 e. The number of aromatic nitrogens is 5. The summed E-state index contributed by atoms with van der Waals surface area (Å²) < 4.78 is 35.0. The molecule has 0 unspecified atom stereocenters. The molecule has 0 aliphatic rings. The third kappa shape index (κ3) is 4.16. The molecule has 0 spiro atoms. The zero-order valence-corrected chi connectivity index (χ0v) is 7.31. The van der Waals surface area contributed by atoms with Crippen LogP contribution in [0.1, 0.15) is 5.82 Å². The highest BCUT2D eigenvalue weighted by Crippen LogP contribution is 2.24. The Morgan fingerprint density at radius 2 is 1.73 bits per heavy atom. The summed E-state index contributed by atoms with van der Waals surface area (Å²) in [5, 5.41) is 9.26. The molecule has 0 aromatic carbocycles. The molecule has 2 aromatic rings. The van der Waals surface area contributed by atoms with Gasteiger partial charge in [0, 0.05) is 18.6 Å². The number of rotatable bonds is 0. The molecule has 0 atom stereocenters. The van der Waals surface area contributed by atoms with E-state index in [1.807, 2.05) is 0 Å². The van der Waals surface area contributed by atoms with E-state index in [9.17, 15) is 13.2 Å². The minimum Gasteiger partial charge on any atom is -0.266 e. The lowest BCUT2D eigenvalue weighted by atomic mass is 10.5. The van der Waals surface area contributed by atoms with Crippen LogP contribution in [0.25, 0.3) is 0 Å². The molecule has 0 saturated carbocycles. The van der Waals surface area contributed by atoms with Crippen molar-refractivity contribution < 1.29 is 13.2 Å². The van der Waals surface area contributed by atoms with Gasteiger partial charge in [-0.2, -0.15) is 13.2 Å². The average molecular weight is 217 g/mol. The lowest BCUT2D eigenvalue weighted by molar-refractivity contribution is -0.145.